The van der Waals surface area contributed by atoms with E-state index >= 15 is 0 Å². The number of aryl methyl sites for hydroxylation is 3. The first kappa shape index (κ1) is 14.2. The summed E-state index contributed by atoms with van der Waals surface area (Å²) in [5, 5.41) is 11.3. The van der Waals surface area contributed by atoms with Crippen LogP contribution in [0, 0.1) is 6.92 Å². The Hall–Kier alpha value is -2.77. The Morgan fingerprint density at radius 1 is 1.32 bits per heavy atom. The van der Waals surface area contributed by atoms with Crippen LogP contribution in [0.2, 0.25) is 0 Å². The number of hydrogen-bond acceptors (Lipinski definition) is 7. The molecular weight excluding hydrogens is 282 g/mol. The van der Waals surface area contributed by atoms with Crippen LogP contribution in [0.3, 0.4) is 0 Å². The van der Waals surface area contributed by atoms with Gasteiger partial charge in [-0.2, -0.15) is 10.1 Å². The molecule has 1 N–H and O–H groups in total. The lowest BCUT2D eigenvalue weighted by molar-refractivity contribution is 0.377. The number of anilines is 1. The Morgan fingerprint density at radius 3 is 2.86 bits per heavy atom. The normalized spacial score (nSPS) is 10.9. The van der Waals surface area contributed by atoms with Gasteiger partial charge in [0.05, 0.1) is 17.9 Å². The van der Waals surface area contributed by atoms with Gasteiger partial charge in [0.2, 0.25) is 11.8 Å². The summed E-state index contributed by atoms with van der Waals surface area (Å²) in [5.41, 5.74) is 2.74. The van der Waals surface area contributed by atoms with Crippen LogP contribution in [0.4, 0.5) is 5.95 Å². The first-order valence-electron chi connectivity index (χ1n) is 7.04. The van der Waals surface area contributed by atoms with E-state index in [-0.39, 0.29) is 0 Å². The lowest BCUT2D eigenvalue weighted by Crippen LogP contribution is -2.05. The molecule has 8 nitrogen and oxygen atoms in total. The maximum Gasteiger partial charge on any atom is 0.226 e. The fourth-order valence-electron chi connectivity index (χ4n) is 2.11. The molecule has 0 aliphatic rings. The van der Waals surface area contributed by atoms with Crippen LogP contribution in [0.1, 0.15) is 24.3 Å². The molecule has 114 valence electrons. The Bertz CT molecular complexity index is 777. The van der Waals surface area contributed by atoms with Crippen LogP contribution in [0.15, 0.2) is 23.0 Å². The summed E-state index contributed by atoms with van der Waals surface area (Å²) in [4.78, 5) is 12.9. The van der Waals surface area contributed by atoms with Crippen molar-refractivity contribution in [2.45, 2.75) is 26.8 Å². The molecule has 22 heavy (non-hydrogen) atoms. The fourth-order valence-corrected chi connectivity index (χ4v) is 2.11. The van der Waals surface area contributed by atoms with Crippen LogP contribution in [-0.2, 0) is 20.0 Å². The summed E-state index contributed by atoms with van der Waals surface area (Å²) in [7, 11) is 1.89. The predicted octanol–water partition coefficient (Wildman–Crippen LogP) is 1.74. The Balaban J connectivity index is 1.75. The second-order valence-corrected chi connectivity index (χ2v) is 4.88. The number of aromatic nitrogens is 6. The van der Waals surface area contributed by atoms with E-state index in [2.05, 4.69) is 30.5 Å². The molecule has 0 aliphatic carbocycles. The molecule has 3 rings (SSSR count). The average molecular weight is 299 g/mol. The molecule has 0 spiro atoms. The molecule has 0 bridgehead atoms. The van der Waals surface area contributed by atoms with Gasteiger partial charge in [0.25, 0.3) is 0 Å². The van der Waals surface area contributed by atoms with Gasteiger partial charge in [-0.15, -0.1) is 0 Å². The van der Waals surface area contributed by atoms with Crippen molar-refractivity contribution in [1.29, 1.82) is 0 Å². The van der Waals surface area contributed by atoms with Crippen molar-refractivity contribution < 1.29 is 4.52 Å². The number of nitrogens with one attached hydrogen (secondary N) is 1. The van der Waals surface area contributed by atoms with E-state index in [1.165, 1.54) is 0 Å². The molecule has 3 heterocycles. The minimum atomic E-state index is 0.416. The van der Waals surface area contributed by atoms with E-state index in [0.717, 1.165) is 23.4 Å². The minimum absolute atomic E-state index is 0.416. The van der Waals surface area contributed by atoms with Crippen molar-refractivity contribution in [2.75, 3.05) is 5.32 Å². The zero-order valence-electron chi connectivity index (χ0n) is 12.7. The van der Waals surface area contributed by atoms with Crippen LogP contribution >= 0.6 is 0 Å². The smallest absolute Gasteiger partial charge is 0.226 e. The SMILES string of the molecule is CCc1nc(CNc2nccc(-c3cn(C)nc3C)n2)no1. The Morgan fingerprint density at radius 2 is 2.18 bits per heavy atom. The number of rotatable bonds is 5. The molecule has 0 saturated heterocycles. The van der Waals surface area contributed by atoms with Gasteiger partial charge < -0.3 is 9.84 Å². The van der Waals surface area contributed by atoms with Gasteiger partial charge in [0, 0.05) is 31.4 Å². The van der Waals surface area contributed by atoms with Crippen LogP contribution in [0.25, 0.3) is 11.3 Å². The van der Waals surface area contributed by atoms with Crippen molar-refractivity contribution in [3.8, 4) is 11.3 Å². The number of hydrogen-bond donors (Lipinski definition) is 1. The molecule has 0 unspecified atom stereocenters. The highest BCUT2D eigenvalue weighted by atomic mass is 16.5. The van der Waals surface area contributed by atoms with Crippen LogP contribution < -0.4 is 5.32 Å². The number of nitrogens with zero attached hydrogens (tertiary/aromatic N) is 6. The third-order valence-electron chi connectivity index (χ3n) is 3.16. The van der Waals surface area contributed by atoms with Crippen molar-refractivity contribution in [3.05, 3.63) is 35.9 Å². The summed E-state index contributed by atoms with van der Waals surface area (Å²) in [6.07, 6.45) is 4.37. The largest absolute Gasteiger partial charge is 0.347 e. The van der Waals surface area contributed by atoms with Gasteiger partial charge in [-0.05, 0) is 13.0 Å². The standard InChI is InChI=1S/C14H17N7O/c1-4-13-18-12(20-22-13)7-16-14-15-6-5-11(17-14)10-8-21(3)19-9(10)2/h5-6,8H,4,7H2,1-3H3,(H,15,16,17). The van der Waals surface area contributed by atoms with Crippen LogP contribution in [-0.4, -0.2) is 29.9 Å². The van der Waals surface area contributed by atoms with E-state index in [4.69, 9.17) is 4.52 Å². The highest BCUT2D eigenvalue weighted by Gasteiger charge is 2.09. The fraction of sp³-hybridized carbons (Fsp3) is 0.357. The van der Waals surface area contributed by atoms with E-state index in [9.17, 15) is 0 Å². The van der Waals surface area contributed by atoms with Gasteiger partial charge in [-0.3, -0.25) is 4.68 Å². The molecule has 3 aromatic heterocycles. The van der Waals surface area contributed by atoms with E-state index in [1.54, 1.807) is 10.9 Å². The lowest BCUT2D eigenvalue weighted by Gasteiger charge is -2.03. The zero-order valence-corrected chi connectivity index (χ0v) is 12.7. The molecule has 0 radical (unpaired) electrons. The van der Waals surface area contributed by atoms with Crippen molar-refractivity contribution in [2.24, 2.45) is 7.05 Å². The second-order valence-electron chi connectivity index (χ2n) is 4.88. The quantitative estimate of drug-likeness (QED) is 0.766. The van der Waals surface area contributed by atoms with Gasteiger partial charge in [0.15, 0.2) is 5.82 Å². The van der Waals surface area contributed by atoms with E-state index in [0.29, 0.717) is 24.2 Å². The first-order valence-corrected chi connectivity index (χ1v) is 7.04. The highest BCUT2D eigenvalue weighted by molar-refractivity contribution is 5.61. The molecule has 0 atom stereocenters. The monoisotopic (exact) mass is 299 g/mol. The van der Waals surface area contributed by atoms with Gasteiger partial charge in [0.1, 0.15) is 0 Å². The molecule has 0 amide bonds. The first-order chi connectivity index (χ1) is 10.7. The predicted molar refractivity (Wildman–Crippen MR) is 80.0 cm³/mol. The summed E-state index contributed by atoms with van der Waals surface area (Å²) in [5.74, 6) is 1.73. The summed E-state index contributed by atoms with van der Waals surface area (Å²) >= 11 is 0. The lowest BCUT2D eigenvalue weighted by atomic mass is 10.2. The summed E-state index contributed by atoms with van der Waals surface area (Å²) < 4.78 is 6.83. The Kier molecular flexibility index (Phi) is 3.82. The maximum absolute atomic E-state index is 5.06. The minimum Gasteiger partial charge on any atom is -0.347 e. The Labute approximate surface area is 127 Å². The molecule has 0 aliphatic heterocycles. The molecule has 0 saturated carbocycles. The average Bonchev–Trinajstić information content (AvgIpc) is 3.11. The molecular formula is C14H17N7O. The van der Waals surface area contributed by atoms with Gasteiger partial charge in [-0.25, -0.2) is 9.97 Å². The molecule has 3 aromatic rings. The highest BCUT2D eigenvalue weighted by Crippen LogP contribution is 2.20. The summed E-state index contributed by atoms with van der Waals surface area (Å²) in [6.45, 7) is 4.34. The van der Waals surface area contributed by atoms with Crippen LogP contribution in [0.5, 0.6) is 0 Å². The maximum atomic E-state index is 5.06. The molecule has 0 fully saturated rings. The summed E-state index contributed by atoms with van der Waals surface area (Å²) in [6, 6.07) is 1.86. The van der Waals surface area contributed by atoms with Crippen molar-refractivity contribution >= 4 is 5.95 Å². The van der Waals surface area contributed by atoms with E-state index in [1.807, 2.05) is 33.2 Å². The second kappa shape index (κ2) is 5.92. The van der Waals surface area contributed by atoms with Crippen molar-refractivity contribution in [1.82, 2.24) is 29.9 Å². The third-order valence-corrected chi connectivity index (χ3v) is 3.16. The third kappa shape index (κ3) is 2.95. The van der Waals surface area contributed by atoms with Gasteiger partial charge in [-0.1, -0.05) is 12.1 Å². The zero-order chi connectivity index (χ0) is 15.5. The molecule has 8 heteroatoms. The van der Waals surface area contributed by atoms with E-state index < -0.39 is 0 Å². The van der Waals surface area contributed by atoms with Gasteiger partial charge >= 0.3 is 0 Å². The topological polar surface area (TPSA) is 94.6 Å². The van der Waals surface area contributed by atoms with Crippen molar-refractivity contribution in [3.63, 3.8) is 0 Å². The molecule has 0 aromatic carbocycles.